The lowest BCUT2D eigenvalue weighted by molar-refractivity contribution is 1.69. The van der Waals surface area contributed by atoms with E-state index in [-0.39, 0.29) is 0 Å². The summed E-state index contributed by atoms with van der Waals surface area (Å²) in [6, 6.07) is 35.0. The SMILES string of the molecule is Brc1cccc2c(-c3c4ccccc4cc4c(Br)cccc34)c3ccccc3cc12. The van der Waals surface area contributed by atoms with Crippen LogP contribution < -0.4 is 0 Å². The number of halogens is 2. The molecule has 0 bridgehead atoms. The molecule has 0 amide bonds. The van der Waals surface area contributed by atoms with E-state index in [9.17, 15) is 0 Å². The van der Waals surface area contributed by atoms with E-state index in [1.807, 2.05) is 0 Å². The molecule has 6 aromatic rings. The third-order valence-corrected chi connectivity index (χ3v) is 7.34. The molecule has 2 heteroatoms. The highest BCUT2D eigenvalue weighted by Gasteiger charge is 2.17. The predicted octanol–water partition coefficient (Wildman–Crippen LogP) is 9.49. The predicted molar refractivity (Wildman–Crippen MR) is 137 cm³/mol. The topological polar surface area (TPSA) is 0 Å². The zero-order valence-corrected chi connectivity index (χ0v) is 19.2. The number of hydrogen-bond acceptors (Lipinski definition) is 0. The summed E-state index contributed by atoms with van der Waals surface area (Å²) < 4.78 is 2.25. The molecule has 30 heavy (non-hydrogen) atoms. The molecule has 0 aliphatic heterocycles. The van der Waals surface area contributed by atoms with E-state index in [4.69, 9.17) is 0 Å². The minimum absolute atomic E-state index is 1.12. The number of hydrogen-bond donors (Lipinski definition) is 0. The molecular formula is C28H16Br2. The van der Waals surface area contributed by atoms with Crippen LogP contribution in [0.15, 0.2) is 106 Å². The van der Waals surface area contributed by atoms with Crippen molar-refractivity contribution in [3.8, 4) is 11.1 Å². The van der Waals surface area contributed by atoms with Crippen LogP contribution in [0.3, 0.4) is 0 Å². The van der Waals surface area contributed by atoms with Crippen molar-refractivity contribution >= 4 is 74.9 Å². The van der Waals surface area contributed by atoms with Gasteiger partial charge in [0, 0.05) is 8.95 Å². The van der Waals surface area contributed by atoms with Crippen molar-refractivity contribution in [1.29, 1.82) is 0 Å². The lowest BCUT2D eigenvalue weighted by atomic mass is 9.86. The second-order valence-corrected chi connectivity index (χ2v) is 9.32. The zero-order valence-electron chi connectivity index (χ0n) is 16.0. The van der Waals surface area contributed by atoms with Gasteiger partial charge in [0.05, 0.1) is 0 Å². The lowest BCUT2D eigenvalue weighted by Gasteiger charge is -2.18. The average Bonchev–Trinajstić information content (AvgIpc) is 2.77. The Labute approximate surface area is 191 Å². The molecule has 6 rings (SSSR count). The van der Waals surface area contributed by atoms with Crippen LogP contribution in [-0.2, 0) is 0 Å². The van der Waals surface area contributed by atoms with E-state index in [1.165, 1.54) is 54.2 Å². The van der Waals surface area contributed by atoms with Crippen LogP contribution in [-0.4, -0.2) is 0 Å². The van der Waals surface area contributed by atoms with E-state index < -0.39 is 0 Å². The van der Waals surface area contributed by atoms with Crippen molar-refractivity contribution < 1.29 is 0 Å². The molecule has 0 radical (unpaired) electrons. The summed E-state index contributed by atoms with van der Waals surface area (Å²) in [4.78, 5) is 0. The van der Waals surface area contributed by atoms with Crippen molar-refractivity contribution in [2.75, 3.05) is 0 Å². The first-order valence-electron chi connectivity index (χ1n) is 9.93. The maximum absolute atomic E-state index is 3.79. The van der Waals surface area contributed by atoms with E-state index in [1.54, 1.807) is 0 Å². The van der Waals surface area contributed by atoms with Crippen LogP contribution in [0, 0.1) is 0 Å². The number of fused-ring (bicyclic) bond motifs is 4. The van der Waals surface area contributed by atoms with Crippen LogP contribution in [0.1, 0.15) is 0 Å². The first kappa shape index (κ1) is 18.1. The van der Waals surface area contributed by atoms with Crippen molar-refractivity contribution in [3.63, 3.8) is 0 Å². The highest BCUT2D eigenvalue weighted by molar-refractivity contribution is 9.11. The Morgan fingerprint density at radius 3 is 1.23 bits per heavy atom. The van der Waals surface area contributed by atoms with E-state index in [0.29, 0.717) is 0 Å². The Morgan fingerprint density at radius 1 is 0.367 bits per heavy atom. The quantitative estimate of drug-likeness (QED) is 0.193. The van der Waals surface area contributed by atoms with E-state index in [2.05, 4.69) is 129 Å². The first-order valence-corrected chi connectivity index (χ1v) is 11.5. The molecule has 0 aliphatic rings. The third-order valence-electron chi connectivity index (χ3n) is 5.95. The van der Waals surface area contributed by atoms with Crippen molar-refractivity contribution in [3.05, 3.63) is 106 Å². The Bertz CT molecular complexity index is 1490. The molecule has 0 aromatic heterocycles. The van der Waals surface area contributed by atoms with Gasteiger partial charge in [0.15, 0.2) is 0 Å². The highest BCUT2D eigenvalue weighted by atomic mass is 79.9. The van der Waals surface area contributed by atoms with Crippen molar-refractivity contribution in [2.45, 2.75) is 0 Å². The van der Waals surface area contributed by atoms with Crippen LogP contribution in [0.5, 0.6) is 0 Å². The van der Waals surface area contributed by atoms with E-state index in [0.717, 1.165) is 8.95 Å². The molecule has 0 fully saturated rings. The molecule has 0 saturated heterocycles. The minimum atomic E-state index is 1.12. The monoisotopic (exact) mass is 510 g/mol. The molecule has 0 nitrogen and oxygen atoms in total. The van der Waals surface area contributed by atoms with Gasteiger partial charge in [-0.25, -0.2) is 0 Å². The molecule has 0 atom stereocenters. The summed E-state index contributed by atoms with van der Waals surface area (Å²) in [5.74, 6) is 0. The van der Waals surface area contributed by atoms with Gasteiger partial charge < -0.3 is 0 Å². The van der Waals surface area contributed by atoms with Crippen LogP contribution >= 0.6 is 31.9 Å². The maximum atomic E-state index is 3.79. The largest absolute Gasteiger partial charge is 0.0616 e. The maximum Gasteiger partial charge on any atom is 0.0254 e. The third kappa shape index (κ3) is 2.64. The van der Waals surface area contributed by atoms with Crippen LogP contribution in [0.25, 0.3) is 54.2 Å². The van der Waals surface area contributed by atoms with E-state index >= 15 is 0 Å². The molecule has 0 heterocycles. The summed E-state index contributed by atoms with van der Waals surface area (Å²) in [5, 5.41) is 10.1. The van der Waals surface area contributed by atoms with Gasteiger partial charge in [-0.2, -0.15) is 0 Å². The molecule has 6 aromatic carbocycles. The van der Waals surface area contributed by atoms with Gasteiger partial charge in [-0.3, -0.25) is 0 Å². The second kappa shape index (κ2) is 6.94. The van der Waals surface area contributed by atoms with Gasteiger partial charge in [-0.05, 0) is 78.5 Å². The summed E-state index contributed by atoms with van der Waals surface area (Å²) >= 11 is 7.59. The second-order valence-electron chi connectivity index (χ2n) is 7.62. The fraction of sp³-hybridized carbons (Fsp3) is 0. The normalized spacial score (nSPS) is 11.7. The Hall–Kier alpha value is -2.68. The summed E-state index contributed by atoms with van der Waals surface area (Å²) in [7, 11) is 0. The van der Waals surface area contributed by atoms with Crippen LogP contribution in [0.4, 0.5) is 0 Å². The van der Waals surface area contributed by atoms with Gasteiger partial charge in [-0.15, -0.1) is 0 Å². The lowest BCUT2D eigenvalue weighted by Crippen LogP contribution is -1.90. The zero-order chi connectivity index (χ0) is 20.2. The van der Waals surface area contributed by atoms with Crippen LogP contribution in [0.2, 0.25) is 0 Å². The summed E-state index contributed by atoms with van der Waals surface area (Å²) in [6.07, 6.45) is 0. The van der Waals surface area contributed by atoms with Gasteiger partial charge >= 0.3 is 0 Å². The average molecular weight is 512 g/mol. The Balaban J connectivity index is 1.96. The molecule has 0 aliphatic carbocycles. The molecule has 0 N–H and O–H groups in total. The van der Waals surface area contributed by atoms with Gasteiger partial charge in [-0.1, -0.05) is 105 Å². The summed E-state index contributed by atoms with van der Waals surface area (Å²) in [6.45, 7) is 0. The fourth-order valence-electron chi connectivity index (χ4n) is 4.64. The standard InChI is InChI=1S/C28H16Br2/c29-25-13-5-11-21-23(25)15-17-7-1-3-9-19(17)27(21)28-20-10-4-2-8-18(20)16-24-22(28)12-6-14-26(24)30/h1-16H. The molecule has 142 valence electrons. The number of benzene rings is 6. The van der Waals surface area contributed by atoms with Crippen molar-refractivity contribution in [1.82, 2.24) is 0 Å². The number of rotatable bonds is 1. The molecule has 0 unspecified atom stereocenters. The smallest absolute Gasteiger partial charge is 0.0254 e. The van der Waals surface area contributed by atoms with Gasteiger partial charge in [0.25, 0.3) is 0 Å². The Morgan fingerprint density at radius 2 is 0.767 bits per heavy atom. The first-order chi connectivity index (χ1) is 14.7. The molecular weight excluding hydrogens is 496 g/mol. The highest BCUT2D eigenvalue weighted by Crippen LogP contribution is 2.45. The minimum Gasteiger partial charge on any atom is -0.0616 e. The Kier molecular flexibility index (Phi) is 4.19. The van der Waals surface area contributed by atoms with Gasteiger partial charge in [0.1, 0.15) is 0 Å². The van der Waals surface area contributed by atoms with Gasteiger partial charge in [0.2, 0.25) is 0 Å². The summed E-state index contributed by atoms with van der Waals surface area (Å²) in [5.41, 5.74) is 2.59. The van der Waals surface area contributed by atoms with Crippen molar-refractivity contribution in [2.24, 2.45) is 0 Å². The molecule has 0 spiro atoms. The molecule has 0 saturated carbocycles. The fourth-order valence-corrected chi connectivity index (χ4v) is 5.61.